The van der Waals surface area contributed by atoms with Crippen molar-refractivity contribution in [2.24, 2.45) is 0 Å². The van der Waals surface area contributed by atoms with Gasteiger partial charge in [0.15, 0.2) is 0 Å². The Balaban J connectivity index is 1.53. The number of aromatic carboxylic acids is 1. The molecular formula is C22H19N2O5S2-. The summed E-state index contributed by atoms with van der Waals surface area (Å²) < 4.78 is 5.58. The number of nitrogens with zero attached hydrogens (tertiary/aromatic N) is 1. The van der Waals surface area contributed by atoms with Crippen LogP contribution in [0.1, 0.15) is 28.8 Å². The molecule has 0 unspecified atom stereocenters. The van der Waals surface area contributed by atoms with Gasteiger partial charge in [-0.15, -0.1) is 0 Å². The van der Waals surface area contributed by atoms with Gasteiger partial charge in [-0.1, -0.05) is 48.2 Å². The van der Waals surface area contributed by atoms with Crippen LogP contribution in [0.4, 0.5) is 5.69 Å². The summed E-state index contributed by atoms with van der Waals surface area (Å²) in [6, 6.07) is 13.2. The summed E-state index contributed by atoms with van der Waals surface area (Å²) in [4.78, 5) is 37.7. The summed E-state index contributed by atoms with van der Waals surface area (Å²) in [7, 11) is 1.59. The van der Waals surface area contributed by atoms with E-state index in [9.17, 15) is 19.5 Å². The number of anilines is 1. The number of thioether (sulfide) groups is 1. The third kappa shape index (κ3) is 5.93. The van der Waals surface area contributed by atoms with Crippen LogP contribution in [0.2, 0.25) is 0 Å². The highest BCUT2D eigenvalue weighted by Crippen LogP contribution is 2.33. The van der Waals surface area contributed by atoms with Crippen LogP contribution in [-0.4, -0.2) is 40.7 Å². The Labute approximate surface area is 189 Å². The van der Waals surface area contributed by atoms with E-state index in [4.69, 9.17) is 17.0 Å². The van der Waals surface area contributed by atoms with Crippen LogP contribution in [0, 0.1) is 0 Å². The molecule has 1 fully saturated rings. The van der Waals surface area contributed by atoms with Crippen molar-refractivity contribution in [3.8, 4) is 5.75 Å². The van der Waals surface area contributed by atoms with Gasteiger partial charge in [0, 0.05) is 18.7 Å². The molecule has 1 aliphatic heterocycles. The number of carbonyl (C=O) groups is 3. The van der Waals surface area contributed by atoms with Gasteiger partial charge in [0.25, 0.3) is 5.91 Å². The van der Waals surface area contributed by atoms with Gasteiger partial charge < -0.3 is 20.0 Å². The molecule has 0 bridgehead atoms. The Morgan fingerprint density at radius 3 is 2.65 bits per heavy atom. The number of hydrogen-bond donors (Lipinski definition) is 1. The zero-order chi connectivity index (χ0) is 22.4. The Bertz CT molecular complexity index is 1050. The maximum absolute atomic E-state index is 12.7. The van der Waals surface area contributed by atoms with E-state index in [1.165, 1.54) is 34.9 Å². The van der Waals surface area contributed by atoms with Gasteiger partial charge in [-0.25, -0.2) is 0 Å². The average Bonchev–Trinajstić information content (AvgIpc) is 3.01. The van der Waals surface area contributed by atoms with Crippen LogP contribution in [0.15, 0.2) is 53.4 Å². The molecular weight excluding hydrogens is 436 g/mol. The predicted molar refractivity (Wildman–Crippen MR) is 122 cm³/mol. The topological polar surface area (TPSA) is 98.8 Å². The highest BCUT2D eigenvalue weighted by Gasteiger charge is 2.31. The predicted octanol–water partition coefficient (Wildman–Crippen LogP) is 2.68. The van der Waals surface area contributed by atoms with Crippen molar-refractivity contribution in [1.82, 2.24) is 4.90 Å². The monoisotopic (exact) mass is 455 g/mol. The molecule has 160 valence electrons. The van der Waals surface area contributed by atoms with E-state index >= 15 is 0 Å². The second-order valence-electron chi connectivity index (χ2n) is 6.63. The number of amides is 2. The second kappa shape index (κ2) is 10.2. The van der Waals surface area contributed by atoms with Crippen molar-refractivity contribution < 1.29 is 24.2 Å². The molecule has 0 radical (unpaired) electrons. The summed E-state index contributed by atoms with van der Waals surface area (Å²) in [5.74, 6) is -1.05. The van der Waals surface area contributed by atoms with E-state index in [1.54, 1.807) is 19.3 Å². The molecule has 1 heterocycles. The minimum Gasteiger partial charge on any atom is -0.545 e. The first-order valence-electron chi connectivity index (χ1n) is 9.38. The SMILES string of the molecule is COc1ccc(C=C2SC(=S)N(CCCC(=O)Nc3cccc(C(=O)[O-])c3)C2=O)cc1. The van der Waals surface area contributed by atoms with Crippen molar-refractivity contribution in [2.45, 2.75) is 12.8 Å². The van der Waals surface area contributed by atoms with Crippen LogP contribution in [0.5, 0.6) is 5.75 Å². The van der Waals surface area contributed by atoms with Gasteiger partial charge in [-0.2, -0.15) is 0 Å². The average molecular weight is 456 g/mol. The molecule has 0 saturated carbocycles. The summed E-state index contributed by atoms with van der Waals surface area (Å²) >= 11 is 6.55. The Kier molecular flexibility index (Phi) is 7.43. The quantitative estimate of drug-likeness (QED) is 0.483. The zero-order valence-corrected chi connectivity index (χ0v) is 18.3. The van der Waals surface area contributed by atoms with Crippen LogP contribution < -0.4 is 15.2 Å². The normalized spacial score (nSPS) is 14.7. The number of rotatable bonds is 8. The third-order valence-corrected chi connectivity index (χ3v) is 5.83. The van der Waals surface area contributed by atoms with Crippen molar-refractivity contribution >= 4 is 57.8 Å². The van der Waals surface area contributed by atoms with Crippen molar-refractivity contribution in [1.29, 1.82) is 0 Å². The summed E-state index contributed by atoms with van der Waals surface area (Å²) in [6.07, 6.45) is 2.34. The number of thiocarbonyl (C=S) groups is 1. The van der Waals surface area contributed by atoms with Crippen LogP contribution in [0.25, 0.3) is 6.08 Å². The van der Waals surface area contributed by atoms with Crippen molar-refractivity contribution in [2.75, 3.05) is 19.0 Å². The first kappa shape index (κ1) is 22.5. The molecule has 0 atom stereocenters. The zero-order valence-electron chi connectivity index (χ0n) is 16.6. The number of methoxy groups -OCH3 is 1. The molecule has 2 aromatic rings. The number of benzene rings is 2. The van der Waals surface area contributed by atoms with E-state index in [0.717, 1.165) is 11.3 Å². The van der Waals surface area contributed by atoms with Gasteiger partial charge in [-0.3, -0.25) is 14.5 Å². The standard InChI is InChI=1S/C22H20N2O5S2/c1-29-17-9-7-14(8-10-17)12-18-20(26)24(22(30)31-18)11-3-6-19(25)23-16-5-2-4-15(13-16)21(27)28/h2,4-5,7-10,12-13H,3,6,11H2,1H3,(H,23,25)(H,27,28)/p-1. The lowest BCUT2D eigenvalue weighted by atomic mass is 10.2. The van der Waals surface area contributed by atoms with Crippen LogP contribution in [-0.2, 0) is 9.59 Å². The smallest absolute Gasteiger partial charge is 0.266 e. The fraction of sp³-hybridized carbons (Fsp3) is 0.182. The first-order valence-corrected chi connectivity index (χ1v) is 10.6. The minimum atomic E-state index is -1.31. The fourth-order valence-electron chi connectivity index (χ4n) is 2.89. The fourth-order valence-corrected chi connectivity index (χ4v) is 4.20. The van der Waals surface area contributed by atoms with E-state index < -0.39 is 5.97 Å². The molecule has 0 aromatic heterocycles. The maximum Gasteiger partial charge on any atom is 0.266 e. The lowest BCUT2D eigenvalue weighted by molar-refractivity contribution is -0.255. The van der Waals surface area contributed by atoms with Crippen molar-refractivity contribution in [3.05, 3.63) is 64.6 Å². The van der Waals surface area contributed by atoms with Gasteiger partial charge in [0.05, 0.1) is 18.0 Å². The largest absolute Gasteiger partial charge is 0.545 e. The number of nitrogens with one attached hydrogen (secondary N) is 1. The number of hydrogen-bond acceptors (Lipinski definition) is 7. The molecule has 31 heavy (non-hydrogen) atoms. The van der Waals surface area contributed by atoms with Crippen LogP contribution >= 0.6 is 24.0 Å². The number of carboxylic acids is 1. The van der Waals surface area contributed by atoms with Gasteiger partial charge in [-0.05, 0) is 47.9 Å². The molecule has 1 N–H and O–H groups in total. The number of carboxylic acid groups (broad SMARTS) is 1. The molecule has 2 amide bonds. The van der Waals surface area contributed by atoms with Crippen LogP contribution in [0.3, 0.4) is 0 Å². The van der Waals surface area contributed by atoms with E-state index in [0.29, 0.717) is 27.9 Å². The molecule has 7 nitrogen and oxygen atoms in total. The van der Waals surface area contributed by atoms with Gasteiger partial charge in [0.1, 0.15) is 10.1 Å². The minimum absolute atomic E-state index is 0.0148. The van der Waals surface area contributed by atoms with E-state index in [1.807, 2.05) is 24.3 Å². The highest BCUT2D eigenvalue weighted by atomic mass is 32.2. The number of ether oxygens (including phenoxy) is 1. The highest BCUT2D eigenvalue weighted by molar-refractivity contribution is 8.26. The molecule has 9 heteroatoms. The Hall–Kier alpha value is -3.17. The lowest BCUT2D eigenvalue weighted by Crippen LogP contribution is -2.29. The van der Waals surface area contributed by atoms with E-state index in [-0.39, 0.29) is 23.8 Å². The third-order valence-electron chi connectivity index (χ3n) is 4.45. The van der Waals surface area contributed by atoms with Crippen molar-refractivity contribution in [3.63, 3.8) is 0 Å². The Morgan fingerprint density at radius 2 is 1.97 bits per heavy atom. The second-order valence-corrected chi connectivity index (χ2v) is 8.30. The summed E-state index contributed by atoms with van der Waals surface area (Å²) in [6.45, 7) is 0.317. The molecule has 3 rings (SSSR count). The van der Waals surface area contributed by atoms with Gasteiger partial charge in [0.2, 0.25) is 5.91 Å². The number of carbonyl (C=O) groups excluding carboxylic acids is 3. The molecule has 1 aliphatic rings. The van der Waals surface area contributed by atoms with E-state index in [2.05, 4.69) is 5.32 Å². The Morgan fingerprint density at radius 1 is 1.23 bits per heavy atom. The molecule has 2 aromatic carbocycles. The summed E-state index contributed by atoms with van der Waals surface area (Å²) in [5, 5.41) is 13.5. The first-order chi connectivity index (χ1) is 14.9. The maximum atomic E-state index is 12.7. The molecule has 1 saturated heterocycles. The van der Waals surface area contributed by atoms with Gasteiger partial charge >= 0.3 is 0 Å². The lowest BCUT2D eigenvalue weighted by Gasteiger charge is -2.14. The summed E-state index contributed by atoms with van der Waals surface area (Å²) in [5.41, 5.74) is 1.22. The molecule has 0 spiro atoms. The molecule has 0 aliphatic carbocycles.